The van der Waals surface area contributed by atoms with Crippen LogP contribution in [-0.2, 0) is 14.3 Å². The van der Waals surface area contributed by atoms with Crippen LogP contribution in [-0.4, -0.2) is 47.3 Å². The number of hydrogen-bond acceptors (Lipinski definition) is 6. The fourth-order valence-corrected chi connectivity index (χ4v) is 3.30. The fourth-order valence-electron chi connectivity index (χ4n) is 1.99. The van der Waals surface area contributed by atoms with E-state index in [1.807, 2.05) is 0 Å². The molecule has 0 aliphatic carbocycles. The largest absolute Gasteiger partial charge is 0.456 e. The number of amides is 3. The maximum atomic E-state index is 12.1. The van der Waals surface area contributed by atoms with Crippen LogP contribution in [0.1, 0.15) is 29.9 Å². The predicted octanol–water partition coefficient (Wildman–Crippen LogP) is 1.96. The van der Waals surface area contributed by atoms with Gasteiger partial charge in [-0.1, -0.05) is 6.92 Å². The van der Waals surface area contributed by atoms with Gasteiger partial charge in [-0.3, -0.25) is 19.3 Å². The van der Waals surface area contributed by atoms with Crippen molar-refractivity contribution in [1.29, 1.82) is 0 Å². The van der Waals surface area contributed by atoms with Crippen LogP contribution in [0.3, 0.4) is 0 Å². The number of nitrogens with one attached hydrogen (secondary N) is 1. The minimum Gasteiger partial charge on any atom is -0.456 e. The molecule has 1 aromatic heterocycles. The summed E-state index contributed by atoms with van der Waals surface area (Å²) in [5.74, 6) is -1.63. The molecule has 2 rings (SSSR count). The van der Waals surface area contributed by atoms with Crippen LogP contribution in [0.4, 0.5) is 4.79 Å². The highest BCUT2D eigenvalue weighted by atomic mass is 79.9. The molecule has 1 saturated heterocycles. The van der Waals surface area contributed by atoms with Gasteiger partial charge in [-0.25, -0.2) is 4.79 Å². The smallest absolute Gasteiger partial charge is 0.326 e. The first-order chi connectivity index (χ1) is 10.8. The van der Waals surface area contributed by atoms with E-state index in [2.05, 4.69) is 21.2 Å². The van der Waals surface area contributed by atoms with Crippen molar-refractivity contribution in [2.24, 2.45) is 0 Å². The lowest BCUT2D eigenvalue weighted by molar-refractivity contribution is -0.146. The number of nitrogens with zero attached hydrogens (tertiary/aromatic N) is 1. The molecule has 0 bridgehead atoms. The van der Waals surface area contributed by atoms with Gasteiger partial charge in [0.15, 0.2) is 6.61 Å². The second-order valence-electron chi connectivity index (χ2n) is 5.19. The van der Waals surface area contributed by atoms with Gasteiger partial charge in [0.1, 0.15) is 12.1 Å². The van der Waals surface area contributed by atoms with Gasteiger partial charge in [0.25, 0.3) is 5.91 Å². The molecule has 1 aliphatic heterocycles. The zero-order valence-electron chi connectivity index (χ0n) is 12.6. The second-order valence-corrected chi connectivity index (χ2v) is 7.66. The molecule has 9 heteroatoms. The highest BCUT2D eigenvalue weighted by Gasteiger charge is 2.47. The zero-order chi connectivity index (χ0) is 17.2. The average Bonchev–Trinajstić information content (AvgIpc) is 3.03. The van der Waals surface area contributed by atoms with E-state index in [9.17, 15) is 19.2 Å². The Morgan fingerprint density at radius 2 is 2.09 bits per heavy atom. The van der Waals surface area contributed by atoms with E-state index >= 15 is 0 Å². The molecule has 1 aromatic rings. The quantitative estimate of drug-likeness (QED) is 0.445. The summed E-state index contributed by atoms with van der Waals surface area (Å²) in [4.78, 5) is 48.8. The summed E-state index contributed by atoms with van der Waals surface area (Å²) in [6, 6.07) is 2.71. The molecule has 0 saturated carbocycles. The summed E-state index contributed by atoms with van der Waals surface area (Å²) in [7, 11) is 0. The first kappa shape index (κ1) is 17.6. The Hall–Kier alpha value is -1.74. The van der Waals surface area contributed by atoms with E-state index in [-0.39, 0.29) is 5.78 Å². The summed E-state index contributed by atoms with van der Waals surface area (Å²) in [6.07, 6.45) is 0.412. The zero-order valence-corrected chi connectivity index (χ0v) is 15.0. The molecule has 0 spiro atoms. The normalized spacial score (nSPS) is 20.6. The fraction of sp³-hybridized carbons (Fsp3) is 0.429. The van der Waals surface area contributed by atoms with Crippen LogP contribution in [0, 0.1) is 0 Å². The summed E-state index contributed by atoms with van der Waals surface area (Å²) < 4.78 is 5.65. The molecular weight excluding hydrogens is 388 g/mol. The van der Waals surface area contributed by atoms with Gasteiger partial charge in [-0.05, 0) is 41.4 Å². The summed E-state index contributed by atoms with van der Waals surface area (Å²) in [5.41, 5.74) is -1.00. The highest BCUT2D eigenvalue weighted by Crippen LogP contribution is 2.23. The van der Waals surface area contributed by atoms with Crippen molar-refractivity contribution >= 4 is 51.0 Å². The Morgan fingerprint density at radius 1 is 1.39 bits per heavy atom. The van der Waals surface area contributed by atoms with E-state index < -0.39 is 36.6 Å². The molecule has 2 heterocycles. The van der Waals surface area contributed by atoms with Gasteiger partial charge in [0.2, 0.25) is 5.78 Å². The van der Waals surface area contributed by atoms with Crippen molar-refractivity contribution in [2.45, 2.75) is 25.8 Å². The summed E-state index contributed by atoms with van der Waals surface area (Å²) >= 11 is 4.47. The van der Waals surface area contributed by atoms with E-state index in [4.69, 9.17) is 4.74 Å². The Kier molecular flexibility index (Phi) is 5.20. The van der Waals surface area contributed by atoms with E-state index in [0.717, 1.165) is 8.69 Å². The van der Waals surface area contributed by atoms with Gasteiger partial charge < -0.3 is 10.1 Å². The lowest BCUT2D eigenvalue weighted by Gasteiger charge is -2.18. The van der Waals surface area contributed by atoms with Crippen LogP contribution < -0.4 is 5.32 Å². The number of imide groups is 1. The molecule has 124 valence electrons. The van der Waals surface area contributed by atoms with Crippen molar-refractivity contribution < 1.29 is 23.9 Å². The van der Waals surface area contributed by atoms with Gasteiger partial charge in [0, 0.05) is 0 Å². The Bertz CT molecular complexity index is 674. The highest BCUT2D eigenvalue weighted by molar-refractivity contribution is 9.11. The molecule has 0 aromatic carbocycles. The molecular formula is C14H15BrN2O5S. The predicted molar refractivity (Wildman–Crippen MR) is 86.2 cm³/mol. The number of Topliss-reactive ketones (excluding diaryl/α,β-unsaturated/α-hetero) is 1. The standard InChI is InChI=1S/C14H15BrN2O5S/c1-3-14(2)12(20)17(13(21)16-14)6-11(19)22-7-8(18)9-4-5-10(15)23-9/h4-5H,3,6-7H2,1-2H3,(H,16,21)/t14-/m1/s1. The Morgan fingerprint density at radius 3 is 2.61 bits per heavy atom. The topological polar surface area (TPSA) is 92.8 Å². The molecule has 7 nitrogen and oxygen atoms in total. The Balaban J connectivity index is 1.89. The molecule has 1 N–H and O–H groups in total. The van der Waals surface area contributed by atoms with Gasteiger partial charge >= 0.3 is 12.0 Å². The second kappa shape index (κ2) is 6.79. The number of carbonyl (C=O) groups is 4. The van der Waals surface area contributed by atoms with Gasteiger partial charge in [-0.15, -0.1) is 11.3 Å². The van der Waals surface area contributed by atoms with Crippen molar-refractivity contribution in [3.8, 4) is 0 Å². The monoisotopic (exact) mass is 402 g/mol. The number of hydrogen-bond donors (Lipinski definition) is 1. The van der Waals surface area contributed by atoms with Crippen molar-refractivity contribution in [2.75, 3.05) is 13.2 Å². The number of carbonyl (C=O) groups excluding carboxylic acids is 4. The van der Waals surface area contributed by atoms with Gasteiger partial charge in [0.05, 0.1) is 8.66 Å². The van der Waals surface area contributed by atoms with Crippen LogP contribution in [0.2, 0.25) is 0 Å². The molecule has 0 radical (unpaired) electrons. The number of thiophene rings is 1. The molecule has 1 fully saturated rings. The summed E-state index contributed by atoms with van der Waals surface area (Å²) in [6.45, 7) is 2.41. The lowest BCUT2D eigenvalue weighted by Crippen LogP contribution is -2.43. The van der Waals surface area contributed by atoms with E-state index in [1.165, 1.54) is 11.3 Å². The van der Waals surface area contributed by atoms with Gasteiger partial charge in [-0.2, -0.15) is 0 Å². The van der Waals surface area contributed by atoms with Crippen LogP contribution in [0.15, 0.2) is 15.9 Å². The molecule has 0 unspecified atom stereocenters. The number of ether oxygens (including phenoxy) is 1. The first-order valence-corrected chi connectivity index (χ1v) is 8.46. The SMILES string of the molecule is CC[C@@]1(C)NC(=O)N(CC(=O)OCC(=O)c2ccc(Br)s2)C1=O. The van der Waals surface area contributed by atoms with Crippen molar-refractivity contribution in [3.63, 3.8) is 0 Å². The van der Waals surface area contributed by atoms with Crippen LogP contribution in [0.25, 0.3) is 0 Å². The maximum Gasteiger partial charge on any atom is 0.326 e. The number of ketones is 1. The number of urea groups is 1. The summed E-state index contributed by atoms with van der Waals surface area (Å²) in [5, 5.41) is 2.54. The first-order valence-electron chi connectivity index (χ1n) is 6.85. The van der Waals surface area contributed by atoms with Crippen molar-refractivity contribution in [3.05, 3.63) is 20.8 Å². The third-order valence-corrected chi connectivity index (χ3v) is 5.22. The third-order valence-electron chi connectivity index (χ3n) is 3.55. The van der Waals surface area contributed by atoms with Crippen molar-refractivity contribution in [1.82, 2.24) is 10.2 Å². The molecule has 23 heavy (non-hydrogen) atoms. The minimum atomic E-state index is -1.00. The third kappa shape index (κ3) is 3.78. The van der Waals surface area contributed by atoms with E-state index in [1.54, 1.807) is 26.0 Å². The van der Waals surface area contributed by atoms with Crippen LogP contribution >= 0.6 is 27.3 Å². The molecule has 1 atom stereocenters. The van der Waals surface area contributed by atoms with E-state index in [0.29, 0.717) is 11.3 Å². The average molecular weight is 403 g/mol. The maximum absolute atomic E-state index is 12.1. The number of rotatable bonds is 6. The minimum absolute atomic E-state index is 0.343. The lowest BCUT2D eigenvalue weighted by atomic mass is 9.99. The number of halogens is 1. The Labute approximate surface area is 145 Å². The molecule has 1 aliphatic rings. The number of esters is 1. The van der Waals surface area contributed by atoms with Crippen LogP contribution in [0.5, 0.6) is 0 Å². The molecule has 3 amide bonds.